The summed E-state index contributed by atoms with van der Waals surface area (Å²) in [5, 5.41) is 0. The van der Waals surface area contributed by atoms with E-state index < -0.39 is 0 Å². The maximum atomic E-state index is 12.8. The van der Waals surface area contributed by atoms with E-state index in [-0.39, 0.29) is 5.92 Å². The van der Waals surface area contributed by atoms with Crippen LogP contribution < -0.4 is 0 Å². The Morgan fingerprint density at radius 3 is 2.21 bits per heavy atom. The topological polar surface area (TPSA) is 38.8 Å². The minimum atomic E-state index is 0.176. The van der Waals surface area contributed by atoms with Crippen LogP contribution in [0.2, 0.25) is 0 Å². The van der Waals surface area contributed by atoms with Crippen LogP contribution in [0.4, 0.5) is 0 Å². The molecule has 4 heteroatoms. The monoisotopic (exact) mass is 393 g/mol. The molecule has 29 heavy (non-hydrogen) atoms. The minimum absolute atomic E-state index is 0.176. The average molecular weight is 394 g/mol. The molecule has 2 unspecified atom stereocenters. The fourth-order valence-electron chi connectivity index (χ4n) is 4.62. The van der Waals surface area contributed by atoms with E-state index in [4.69, 9.17) is 9.47 Å². The molecule has 2 aromatic carbocycles. The van der Waals surface area contributed by atoms with Gasteiger partial charge >= 0.3 is 0 Å². The first kappa shape index (κ1) is 20.3. The molecule has 0 amide bonds. The molecule has 0 radical (unpaired) electrons. The summed E-state index contributed by atoms with van der Waals surface area (Å²) in [7, 11) is 0. The van der Waals surface area contributed by atoms with Gasteiger partial charge in [-0.05, 0) is 30.4 Å². The van der Waals surface area contributed by atoms with Crippen molar-refractivity contribution in [2.45, 2.75) is 50.9 Å². The quantitative estimate of drug-likeness (QED) is 0.598. The number of morpholine rings is 1. The number of hydrogen-bond acceptors (Lipinski definition) is 4. The van der Waals surface area contributed by atoms with Crippen molar-refractivity contribution in [1.82, 2.24) is 4.90 Å². The largest absolute Gasteiger partial charge is 0.378 e. The van der Waals surface area contributed by atoms with Crippen molar-refractivity contribution in [1.29, 1.82) is 0 Å². The third-order valence-corrected chi connectivity index (χ3v) is 6.16. The molecular formula is C25H31NO3. The number of nitrogens with zero attached hydrogens (tertiary/aromatic N) is 1. The number of benzene rings is 2. The molecule has 0 aromatic heterocycles. The number of fused-ring (bicyclic) bond motifs is 2. The molecule has 2 atom stereocenters. The second-order valence-electron chi connectivity index (χ2n) is 8.28. The Balaban J connectivity index is 1.22. The summed E-state index contributed by atoms with van der Waals surface area (Å²) in [6, 6.07) is 21.5. The van der Waals surface area contributed by atoms with Crippen LogP contribution in [0.15, 0.2) is 60.7 Å². The predicted octanol–water partition coefficient (Wildman–Crippen LogP) is 4.23. The molecule has 0 saturated carbocycles. The van der Waals surface area contributed by atoms with Crippen LogP contribution in [-0.4, -0.2) is 42.6 Å². The van der Waals surface area contributed by atoms with Crippen LogP contribution >= 0.6 is 0 Å². The van der Waals surface area contributed by atoms with Gasteiger partial charge in [0.2, 0.25) is 0 Å². The van der Waals surface area contributed by atoms with Crippen molar-refractivity contribution in [2.75, 3.05) is 19.8 Å². The Hall–Kier alpha value is -2.01. The number of ether oxygens (including phenoxy) is 2. The second-order valence-corrected chi connectivity index (χ2v) is 8.28. The van der Waals surface area contributed by atoms with Crippen LogP contribution in [0.3, 0.4) is 0 Å². The van der Waals surface area contributed by atoms with Crippen LogP contribution in [0, 0.1) is 5.92 Å². The van der Waals surface area contributed by atoms with Gasteiger partial charge in [-0.15, -0.1) is 0 Å². The molecule has 4 rings (SSSR count). The summed E-state index contributed by atoms with van der Waals surface area (Å²) in [5.41, 5.74) is 2.52. The van der Waals surface area contributed by atoms with Gasteiger partial charge in [0, 0.05) is 37.6 Å². The van der Waals surface area contributed by atoms with Gasteiger partial charge in [0.15, 0.2) is 0 Å². The zero-order chi connectivity index (χ0) is 19.9. The van der Waals surface area contributed by atoms with Crippen molar-refractivity contribution in [3.63, 3.8) is 0 Å². The van der Waals surface area contributed by atoms with E-state index >= 15 is 0 Å². The molecule has 2 aliphatic rings. The predicted molar refractivity (Wildman–Crippen MR) is 113 cm³/mol. The molecule has 2 aromatic rings. The summed E-state index contributed by atoms with van der Waals surface area (Å²) in [6.45, 7) is 3.70. The zero-order valence-electron chi connectivity index (χ0n) is 17.0. The number of carbonyl (C=O) groups excluding carboxylic acids is 1. The fraction of sp³-hybridized carbons (Fsp3) is 0.480. The molecule has 2 fully saturated rings. The molecule has 2 heterocycles. The minimum Gasteiger partial charge on any atom is -0.378 e. The normalized spacial score (nSPS) is 24.3. The fourth-order valence-corrected chi connectivity index (χ4v) is 4.62. The van der Waals surface area contributed by atoms with E-state index in [1.165, 1.54) is 11.1 Å². The summed E-state index contributed by atoms with van der Waals surface area (Å²) in [5.74, 6) is 0.583. The van der Waals surface area contributed by atoms with E-state index in [9.17, 15) is 4.79 Å². The number of hydrogen-bond donors (Lipinski definition) is 0. The third-order valence-electron chi connectivity index (χ3n) is 6.16. The van der Waals surface area contributed by atoms with Crippen molar-refractivity contribution in [3.8, 4) is 0 Å². The standard InChI is InChI=1S/C25H31NO3/c27-25(12-7-13-28-17-21-10-5-2-6-11-21)22-14-23-18-29-19-24(15-22)26(23)16-20-8-3-1-4-9-20/h1-6,8-11,22-24H,7,12-19H2. The van der Waals surface area contributed by atoms with Crippen molar-refractivity contribution in [3.05, 3.63) is 71.8 Å². The highest BCUT2D eigenvalue weighted by Crippen LogP contribution is 2.34. The first-order valence-corrected chi connectivity index (χ1v) is 10.8. The summed E-state index contributed by atoms with van der Waals surface area (Å²) >= 11 is 0. The maximum Gasteiger partial charge on any atom is 0.136 e. The molecule has 0 aliphatic carbocycles. The van der Waals surface area contributed by atoms with Gasteiger partial charge in [-0.25, -0.2) is 0 Å². The zero-order valence-corrected chi connectivity index (χ0v) is 17.0. The first-order chi connectivity index (χ1) is 14.3. The molecular weight excluding hydrogens is 362 g/mol. The number of rotatable bonds is 9. The highest BCUT2D eigenvalue weighted by molar-refractivity contribution is 5.81. The maximum absolute atomic E-state index is 12.8. The molecule has 154 valence electrons. The molecule has 2 aliphatic heterocycles. The molecule has 4 nitrogen and oxygen atoms in total. The first-order valence-electron chi connectivity index (χ1n) is 10.8. The van der Waals surface area contributed by atoms with Crippen LogP contribution in [0.5, 0.6) is 0 Å². The Bertz CT molecular complexity index is 750. The average Bonchev–Trinajstić information content (AvgIpc) is 2.74. The Morgan fingerprint density at radius 2 is 1.55 bits per heavy atom. The number of ketones is 1. The van der Waals surface area contributed by atoms with Crippen LogP contribution in [-0.2, 0) is 27.4 Å². The molecule has 0 spiro atoms. The summed E-state index contributed by atoms with van der Waals surface area (Å²) in [6.07, 6.45) is 3.28. The second kappa shape index (κ2) is 10.1. The summed E-state index contributed by atoms with van der Waals surface area (Å²) < 4.78 is 11.5. The van der Waals surface area contributed by atoms with Crippen LogP contribution in [0.1, 0.15) is 36.8 Å². The van der Waals surface area contributed by atoms with E-state index in [1.807, 2.05) is 18.2 Å². The molecule has 2 bridgehead atoms. The van der Waals surface area contributed by atoms with Crippen LogP contribution in [0.25, 0.3) is 0 Å². The highest BCUT2D eigenvalue weighted by Gasteiger charge is 2.40. The molecule has 2 saturated heterocycles. The van der Waals surface area contributed by atoms with Gasteiger partial charge < -0.3 is 9.47 Å². The Morgan fingerprint density at radius 1 is 0.931 bits per heavy atom. The lowest BCUT2D eigenvalue weighted by atomic mass is 9.81. The van der Waals surface area contributed by atoms with E-state index in [0.29, 0.717) is 37.5 Å². The van der Waals surface area contributed by atoms with Crippen molar-refractivity contribution in [2.24, 2.45) is 5.92 Å². The number of carbonyl (C=O) groups is 1. The lowest BCUT2D eigenvalue weighted by molar-refractivity contribution is -0.133. The van der Waals surface area contributed by atoms with Gasteiger partial charge in [-0.1, -0.05) is 60.7 Å². The Kier molecular flexibility index (Phi) is 7.09. The van der Waals surface area contributed by atoms with E-state index in [0.717, 1.165) is 39.0 Å². The van der Waals surface area contributed by atoms with Crippen molar-refractivity contribution >= 4 is 5.78 Å². The van der Waals surface area contributed by atoms with E-state index in [2.05, 4.69) is 47.4 Å². The van der Waals surface area contributed by atoms with Gasteiger partial charge in [-0.2, -0.15) is 0 Å². The highest BCUT2D eigenvalue weighted by atomic mass is 16.5. The Labute approximate surface area is 173 Å². The van der Waals surface area contributed by atoms with Crippen molar-refractivity contribution < 1.29 is 14.3 Å². The SMILES string of the molecule is O=C(CCCOCc1ccccc1)C1CC2COCC(C1)N2Cc1ccccc1. The van der Waals surface area contributed by atoms with Gasteiger partial charge in [-0.3, -0.25) is 9.69 Å². The third kappa shape index (κ3) is 5.53. The smallest absolute Gasteiger partial charge is 0.136 e. The van der Waals surface area contributed by atoms with Gasteiger partial charge in [0.05, 0.1) is 19.8 Å². The lowest BCUT2D eigenvalue weighted by Crippen LogP contribution is -2.57. The molecule has 0 N–H and O–H groups in total. The van der Waals surface area contributed by atoms with E-state index in [1.54, 1.807) is 0 Å². The summed E-state index contributed by atoms with van der Waals surface area (Å²) in [4.78, 5) is 15.4. The number of Topliss-reactive ketones (excluding diaryl/α,β-unsaturated/α-hetero) is 1. The number of piperidine rings is 1. The lowest BCUT2D eigenvalue weighted by Gasteiger charge is -2.48. The van der Waals surface area contributed by atoms with Gasteiger partial charge in [0.1, 0.15) is 5.78 Å². The van der Waals surface area contributed by atoms with Gasteiger partial charge in [0.25, 0.3) is 0 Å².